The first-order valence-corrected chi connectivity index (χ1v) is 15.8. The molecular formula is C36H39N5O6. The fraction of sp³-hybridized carbons (Fsp3) is 0.361. The molecule has 4 heterocycles. The molecule has 244 valence electrons. The van der Waals surface area contributed by atoms with Gasteiger partial charge in [-0.15, -0.1) is 0 Å². The summed E-state index contributed by atoms with van der Waals surface area (Å²) in [4.78, 5) is 26.1. The average Bonchev–Trinajstić information content (AvgIpc) is 3.70. The Hall–Kier alpha value is -4.55. The van der Waals surface area contributed by atoms with Crippen LogP contribution >= 0.6 is 0 Å². The molecule has 5 aromatic rings. The van der Waals surface area contributed by atoms with Gasteiger partial charge in [-0.3, -0.25) is 14.3 Å². The number of aromatic amines is 1. The minimum atomic E-state index is -1.03. The third-order valence-electron chi connectivity index (χ3n) is 9.50. The summed E-state index contributed by atoms with van der Waals surface area (Å²) < 4.78 is 26.6. The maximum atomic E-state index is 13.7. The van der Waals surface area contributed by atoms with Gasteiger partial charge >= 0.3 is 0 Å². The predicted octanol–water partition coefficient (Wildman–Crippen LogP) is 5.11. The van der Waals surface area contributed by atoms with Crippen LogP contribution in [0.4, 0.5) is 5.95 Å². The normalized spacial score (nSPS) is 25.1. The molecule has 0 radical (unpaired) electrons. The largest absolute Gasteiger partial charge is 0.497 e. The standard InChI is InChI=1S/C36H39N5O6/c1-6-35(21-42)30-34(4,47-33(2,3)45-30)31(46-35)41-22-37-27-28(41)38-32(39-29(27)43)40-36(23-13-9-7-10-14-23,24-15-11-8-12-16-24)25-17-19-26(44-5)20-18-25/h7-20,22,30-31,42H,6,21H2,1-5H3,(H2,38,39,40,43)/t30-,31+,34+,35+/m0/s1. The molecule has 47 heavy (non-hydrogen) atoms. The van der Waals surface area contributed by atoms with Crippen molar-refractivity contribution >= 4 is 17.1 Å². The molecule has 2 fully saturated rings. The molecular weight excluding hydrogens is 598 g/mol. The Balaban J connectivity index is 1.41. The maximum Gasteiger partial charge on any atom is 0.280 e. The lowest BCUT2D eigenvalue weighted by atomic mass is 9.77. The summed E-state index contributed by atoms with van der Waals surface area (Å²) in [6, 6.07) is 27.8. The van der Waals surface area contributed by atoms with Gasteiger partial charge in [0.2, 0.25) is 5.95 Å². The minimum Gasteiger partial charge on any atom is -0.497 e. The number of imidazole rings is 1. The molecule has 0 saturated carbocycles. The van der Waals surface area contributed by atoms with E-state index in [1.807, 2.05) is 113 Å². The molecule has 2 aliphatic heterocycles. The van der Waals surface area contributed by atoms with Crippen molar-refractivity contribution in [1.82, 2.24) is 19.5 Å². The predicted molar refractivity (Wildman–Crippen MR) is 176 cm³/mol. The first-order valence-electron chi connectivity index (χ1n) is 15.8. The van der Waals surface area contributed by atoms with E-state index in [1.54, 1.807) is 11.7 Å². The number of methoxy groups -OCH3 is 1. The van der Waals surface area contributed by atoms with E-state index < -0.39 is 40.4 Å². The number of ether oxygens (including phenoxy) is 4. The highest BCUT2D eigenvalue weighted by molar-refractivity contribution is 5.72. The van der Waals surface area contributed by atoms with Crippen molar-refractivity contribution in [2.75, 3.05) is 19.0 Å². The van der Waals surface area contributed by atoms with E-state index >= 15 is 0 Å². The van der Waals surface area contributed by atoms with Crippen molar-refractivity contribution in [3.8, 4) is 5.75 Å². The van der Waals surface area contributed by atoms with Gasteiger partial charge in [-0.25, -0.2) is 4.98 Å². The van der Waals surface area contributed by atoms with Gasteiger partial charge in [-0.1, -0.05) is 79.7 Å². The van der Waals surface area contributed by atoms with Crippen LogP contribution in [-0.2, 0) is 19.7 Å². The number of hydrogen-bond acceptors (Lipinski definition) is 9. The Morgan fingerprint density at radius 3 is 2.15 bits per heavy atom. The van der Waals surface area contributed by atoms with Crippen molar-refractivity contribution in [2.45, 2.75) is 69.0 Å². The fourth-order valence-corrected chi connectivity index (χ4v) is 7.32. The molecule has 0 unspecified atom stereocenters. The van der Waals surface area contributed by atoms with Crippen molar-refractivity contribution in [3.05, 3.63) is 118 Å². The van der Waals surface area contributed by atoms with Crippen molar-refractivity contribution in [1.29, 1.82) is 0 Å². The monoisotopic (exact) mass is 637 g/mol. The van der Waals surface area contributed by atoms with Gasteiger partial charge in [0.05, 0.1) is 20.0 Å². The molecule has 2 saturated heterocycles. The summed E-state index contributed by atoms with van der Waals surface area (Å²) in [6.07, 6.45) is 0.627. The van der Waals surface area contributed by atoms with Crippen molar-refractivity contribution in [2.24, 2.45) is 0 Å². The van der Waals surface area contributed by atoms with E-state index in [9.17, 15) is 9.90 Å². The first-order chi connectivity index (χ1) is 22.6. The summed E-state index contributed by atoms with van der Waals surface area (Å²) >= 11 is 0. The minimum absolute atomic E-state index is 0.143. The molecule has 0 bridgehead atoms. The van der Waals surface area contributed by atoms with Crippen LogP contribution < -0.4 is 15.6 Å². The van der Waals surface area contributed by atoms with Crippen molar-refractivity contribution in [3.63, 3.8) is 0 Å². The quantitative estimate of drug-likeness (QED) is 0.189. The third-order valence-corrected chi connectivity index (χ3v) is 9.50. The van der Waals surface area contributed by atoms with Gasteiger partial charge in [0.1, 0.15) is 28.6 Å². The third kappa shape index (κ3) is 4.84. The van der Waals surface area contributed by atoms with Crippen LogP contribution in [0.3, 0.4) is 0 Å². The lowest BCUT2D eigenvalue weighted by molar-refractivity contribution is -0.239. The number of nitrogens with one attached hydrogen (secondary N) is 2. The number of anilines is 1. The average molecular weight is 638 g/mol. The van der Waals surface area contributed by atoms with Gasteiger partial charge in [0, 0.05) is 0 Å². The molecule has 4 atom stereocenters. The molecule has 0 amide bonds. The maximum absolute atomic E-state index is 13.7. The molecule has 11 heteroatoms. The summed E-state index contributed by atoms with van der Waals surface area (Å²) in [7, 11) is 1.63. The number of aliphatic hydroxyl groups is 1. The highest BCUT2D eigenvalue weighted by Crippen LogP contribution is 2.56. The van der Waals surface area contributed by atoms with Gasteiger partial charge < -0.3 is 29.4 Å². The lowest BCUT2D eigenvalue weighted by Crippen LogP contribution is -2.49. The zero-order valence-corrected chi connectivity index (χ0v) is 27.1. The second-order valence-corrected chi connectivity index (χ2v) is 12.8. The SMILES string of the molecule is CC[C@]1(CO)O[C@@H](n2cnc3c(=O)[nH]c(NC(c4ccccc4)(c4ccccc4)c4ccc(OC)cc4)nc32)[C@]2(C)OC(C)(C)O[C@H]12. The zero-order valence-electron chi connectivity index (χ0n) is 27.1. The molecule has 11 nitrogen and oxygen atoms in total. The lowest BCUT2D eigenvalue weighted by Gasteiger charge is -2.37. The topological polar surface area (TPSA) is 133 Å². The Labute approximate surface area is 272 Å². The summed E-state index contributed by atoms with van der Waals surface area (Å²) in [5.41, 5.74) is -0.262. The number of fused-ring (bicyclic) bond motifs is 2. The van der Waals surface area contributed by atoms with Gasteiger partial charge in [0.25, 0.3) is 5.56 Å². The van der Waals surface area contributed by atoms with Crippen LogP contribution in [0.5, 0.6) is 5.75 Å². The van der Waals surface area contributed by atoms with Crippen LogP contribution in [0.15, 0.2) is 96.1 Å². The Morgan fingerprint density at radius 2 is 1.57 bits per heavy atom. The van der Waals surface area contributed by atoms with Crippen LogP contribution in [0, 0.1) is 0 Å². The number of aliphatic hydroxyl groups excluding tert-OH is 1. The Kier molecular flexibility index (Phi) is 7.47. The zero-order chi connectivity index (χ0) is 33.0. The number of aromatic nitrogens is 4. The number of nitrogens with zero attached hydrogens (tertiary/aromatic N) is 3. The van der Waals surface area contributed by atoms with E-state index in [0.29, 0.717) is 12.1 Å². The second kappa shape index (κ2) is 11.3. The molecule has 2 aromatic heterocycles. The van der Waals surface area contributed by atoms with Crippen LogP contribution in [0.25, 0.3) is 11.2 Å². The van der Waals surface area contributed by atoms with E-state index in [1.165, 1.54) is 6.33 Å². The fourth-order valence-electron chi connectivity index (χ4n) is 7.32. The van der Waals surface area contributed by atoms with E-state index in [0.717, 1.165) is 22.4 Å². The second-order valence-electron chi connectivity index (χ2n) is 12.8. The van der Waals surface area contributed by atoms with Crippen LogP contribution in [0.2, 0.25) is 0 Å². The molecule has 0 aliphatic carbocycles. The highest BCUT2D eigenvalue weighted by Gasteiger charge is 2.69. The summed E-state index contributed by atoms with van der Waals surface area (Å²) in [6.45, 7) is 7.26. The number of hydrogen-bond donors (Lipinski definition) is 3. The van der Waals surface area contributed by atoms with Gasteiger partial charge in [-0.2, -0.15) is 4.98 Å². The number of H-pyrrole nitrogens is 1. The van der Waals surface area contributed by atoms with E-state index in [4.69, 9.17) is 23.9 Å². The summed E-state index contributed by atoms with van der Waals surface area (Å²) in [5, 5.41) is 14.2. The van der Waals surface area contributed by atoms with Crippen LogP contribution in [-0.4, -0.2) is 61.4 Å². The molecule has 3 aromatic carbocycles. The Bertz CT molecular complexity index is 1900. The van der Waals surface area contributed by atoms with Crippen molar-refractivity contribution < 1.29 is 24.1 Å². The first kappa shape index (κ1) is 31.1. The van der Waals surface area contributed by atoms with E-state index in [2.05, 4.69) is 15.3 Å². The van der Waals surface area contributed by atoms with Gasteiger partial charge in [-0.05, 0) is 56.0 Å². The molecule has 0 spiro atoms. The van der Waals surface area contributed by atoms with E-state index in [-0.39, 0.29) is 18.1 Å². The van der Waals surface area contributed by atoms with Gasteiger partial charge in [0.15, 0.2) is 23.2 Å². The molecule has 7 rings (SSSR count). The highest BCUT2D eigenvalue weighted by atomic mass is 16.8. The number of rotatable bonds is 9. The summed E-state index contributed by atoms with van der Waals surface area (Å²) in [5.74, 6) is 0.0191. The smallest absolute Gasteiger partial charge is 0.280 e. The number of benzene rings is 3. The molecule has 2 aliphatic rings. The van der Waals surface area contributed by atoms with Crippen LogP contribution in [0.1, 0.15) is 57.0 Å². The Morgan fingerprint density at radius 1 is 0.957 bits per heavy atom. The molecule has 3 N–H and O–H groups in total.